The van der Waals surface area contributed by atoms with Crippen LogP contribution in [0.2, 0.25) is 0 Å². The molecule has 2 aromatic carbocycles. The molecule has 0 aliphatic rings. The summed E-state index contributed by atoms with van der Waals surface area (Å²) in [6, 6.07) is 8.00. The normalized spacial score (nSPS) is 10.5. The van der Waals surface area contributed by atoms with Gasteiger partial charge in [0, 0.05) is 16.8 Å². The smallest absolute Gasteiger partial charge is 0.193 e. The molecule has 2 aromatic rings. The zero-order valence-electron chi connectivity index (χ0n) is 11.3. The maximum atomic E-state index is 13.3. The van der Waals surface area contributed by atoms with Crippen molar-refractivity contribution in [3.63, 3.8) is 0 Å². The van der Waals surface area contributed by atoms with Crippen LogP contribution in [-0.2, 0) is 0 Å². The van der Waals surface area contributed by atoms with Gasteiger partial charge in [-0.25, -0.2) is 4.39 Å². The quantitative estimate of drug-likeness (QED) is 0.660. The Morgan fingerprint density at radius 1 is 1.00 bits per heavy atom. The Labute approximate surface area is 112 Å². The van der Waals surface area contributed by atoms with Crippen LogP contribution in [0.15, 0.2) is 30.3 Å². The lowest BCUT2D eigenvalue weighted by molar-refractivity contribution is 0.103. The van der Waals surface area contributed by atoms with E-state index >= 15 is 0 Å². The third kappa shape index (κ3) is 2.50. The molecule has 3 heteroatoms. The number of nitrogen functional groups attached to an aromatic ring is 1. The zero-order valence-corrected chi connectivity index (χ0v) is 11.3. The molecule has 0 amide bonds. The third-order valence-electron chi connectivity index (χ3n) is 3.23. The lowest BCUT2D eigenvalue weighted by Gasteiger charge is -2.11. The molecule has 19 heavy (non-hydrogen) atoms. The molecule has 2 nitrogen and oxygen atoms in total. The van der Waals surface area contributed by atoms with Crippen LogP contribution in [0, 0.1) is 26.6 Å². The summed E-state index contributed by atoms with van der Waals surface area (Å²) in [6.07, 6.45) is 0. The van der Waals surface area contributed by atoms with Crippen molar-refractivity contribution in [1.82, 2.24) is 0 Å². The van der Waals surface area contributed by atoms with E-state index in [0.717, 1.165) is 5.56 Å². The van der Waals surface area contributed by atoms with E-state index in [2.05, 4.69) is 0 Å². The van der Waals surface area contributed by atoms with E-state index in [-0.39, 0.29) is 11.6 Å². The van der Waals surface area contributed by atoms with Gasteiger partial charge in [0.05, 0.1) is 0 Å². The standard InChI is InChI=1S/C16H16FNO/c1-9-4-5-13(18)8-14(9)16(19)15-10(2)6-12(17)7-11(15)3/h4-8H,18H2,1-3H3. The number of halogens is 1. The van der Waals surface area contributed by atoms with Crippen molar-refractivity contribution in [3.05, 3.63) is 64.0 Å². The van der Waals surface area contributed by atoms with Crippen LogP contribution in [0.25, 0.3) is 0 Å². The van der Waals surface area contributed by atoms with Crippen molar-refractivity contribution in [1.29, 1.82) is 0 Å². The van der Waals surface area contributed by atoms with Gasteiger partial charge in [0.25, 0.3) is 0 Å². The van der Waals surface area contributed by atoms with Gasteiger partial charge < -0.3 is 5.73 Å². The molecule has 0 aromatic heterocycles. The molecule has 0 aliphatic heterocycles. The molecule has 0 saturated heterocycles. The van der Waals surface area contributed by atoms with E-state index in [9.17, 15) is 9.18 Å². The molecule has 2 N–H and O–H groups in total. The highest BCUT2D eigenvalue weighted by molar-refractivity contribution is 6.12. The molecule has 0 atom stereocenters. The topological polar surface area (TPSA) is 43.1 Å². The average Bonchev–Trinajstić information content (AvgIpc) is 2.30. The Morgan fingerprint density at radius 2 is 1.58 bits per heavy atom. The van der Waals surface area contributed by atoms with Crippen molar-refractivity contribution in [2.75, 3.05) is 5.73 Å². The van der Waals surface area contributed by atoms with Crippen LogP contribution in [0.5, 0.6) is 0 Å². The number of hydrogen-bond acceptors (Lipinski definition) is 2. The number of aryl methyl sites for hydroxylation is 3. The highest BCUT2D eigenvalue weighted by Gasteiger charge is 2.17. The molecule has 0 spiro atoms. The molecule has 2 rings (SSSR count). The van der Waals surface area contributed by atoms with E-state index in [1.807, 2.05) is 13.0 Å². The van der Waals surface area contributed by atoms with Crippen molar-refractivity contribution in [2.45, 2.75) is 20.8 Å². The second-order valence-corrected chi connectivity index (χ2v) is 4.82. The molecule has 98 valence electrons. The lowest BCUT2D eigenvalue weighted by Crippen LogP contribution is -2.09. The summed E-state index contributed by atoms with van der Waals surface area (Å²) in [5.41, 5.74) is 9.55. The molecular formula is C16H16FNO. The Bertz CT molecular complexity index is 639. The summed E-state index contributed by atoms with van der Waals surface area (Å²) >= 11 is 0. The van der Waals surface area contributed by atoms with Gasteiger partial charge in [-0.05, 0) is 61.7 Å². The van der Waals surface area contributed by atoms with E-state index in [1.165, 1.54) is 12.1 Å². The van der Waals surface area contributed by atoms with Crippen LogP contribution >= 0.6 is 0 Å². The number of hydrogen-bond donors (Lipinski definition) is 1. The number of carbonyl (C=O) groups excluding carboxylic acids is 1. The first kappa shape index (κ1) is 13.3. The second-order valence-electron chi connectivity index (χ2n) is 4.82. The van der Waals surface area contributed by atoms with Gasteiger partial charge >= 0.3 is 0 Å². The number of anilines is 1. The summed E-state index contributed by atoms with van der Waals surface area (Å²) < 4.78 is 13.3. The molecule has 0 fully saturated rings. The van der Waals surface area contributed by atoms with Gasteiger partial charge in [-0.3, -0.25) is 4.79 Å². The van der Waals surface area contributed by atoms with Gasteiger partial charge in [-0.1, -0.05) is 6.07 Å². The first-order valence-electron chi connectivity index (χ1n) is 6.07. The van der Waals surface area contributed by atoms with Crippen molar-refractivity contribution < 1.29 is 9.18 Å². The largest absolute Gasteiger partial charge is 0.399 e. The zero-order chi connectivity index (χ0) is 14.2. The number of nitrogens with two attached hydrogens (primary N) is 1. The number of carbonyl (C=O) groups is 1. The molecular weight excluding hydrogens is 241 g/mol. The van der Waals surface area contributed by atoms with E-state index < -0.39 is 0 Å². The minimum Gasteiger partial charge on any atom is -0.399 e. The number of rotatable bonds is 2. The van der Waals surface area contributed by atoms with Crippen LogP contribution in [-0.4, -0.2) is 5.78 Å². The number of benzene rings is 2. The van der Waals surface area contributed by atoms with Gasteiger partial charge in [0.1, 0.15) is 5.82 Å². The highest BCUT2D eigenvalue weighted by Crippen LogP contribution is 2.23. The fourth-order valence-corrected chi connectivity index (χ4v) is 2.29. The lowest BCUT2D eigenvalue weighted by atomic mass is 9.92. The van der Waals surface area contributed by atoms with Crippen molar-refractivity contribution in [3.8, 4) is 0 Å². The predicted octanol–water partition coefficient (Wildman–Crippen LogP) is 3.56. The van der Waals surface area contributed by atoms with Crippen molar-refractivity contribution in [2.24, 2.45) is 0 Å². The summed E-state index contributed by atoms with van der Waals surface area (Å²) in [5, 5.41) is 0. The van der Waals surface area contributed by atoms with Gasteiger partial charge in [0.15, 0.2) is 5.78 Å². The van der Waals surface area contributed by atoms with Gasteiger partial charge in [-0.2, -0.15) is 0 Å². The van der Waals surface area contributed by atoms with E-state index in [4.69, 9.17) is 5.73 Å². The van der Waals surface area contributed by atoms with E-state index in [0.29, 0.717) is 27.9 Å². The van der Waals surface area contributed by atoms with Gasteiger partial charge in [0.2, 0.25) is 0 Å². The molecule has 0 radical (unpaired) electrons. The predicted molar refractivity (Wildman–Crippen MR) is 74.9 cm³/mol. The maximum Gasteiger partial charge on any atom is 0.193 e. The summed E-state index contributed by atoms with van der Waals surface area (Å²) in [4.78, 5) is 12.6. The molecule has 0 saturated carbocycles. The molecule has 0 unspecified atom stereocenters. The van der Waals surface area contributed by atoms with Gasteiger partial charge in [-0.15, -0.1) is 0 Å². The Kier molecular flexibility index (Phi) is 3.38. The minimum absolute atomic E-state index is 0.111. The van der Waals surface area contributed by atoms with Crippen LogP contribution in [0.4, 0.5) is 10.1 Å². The summed E-state index contributed by atoms with van der Waals surface area (Å²) in [7, 11) is 0. The Morgan fingerprint density at radius 3 is 2.16 bits per heavy atom. The Hall–Kier alpha value is -2.16. The van der Waals surface area contributed by atoms with Crippen LogP contribution < -0.4 is 5.73 Å². The number of ketones is 1. The third-order valence-corrected chi connectivity index (χ3v) is 3.23. The molecule has 0 aliphatic carbocycles. The average molecular weight is 257 g/mol. The minimum atomic E-state index is -0.323. The van der Waals surface area contributed by atoms with Crippen LogP contribution in [0.1, 0.15) is 32.6 Å². The summed E-state index contributed by atoms with van der Waals surface area (Å²) in [5.74, 6) is -0.435. The SMILES string of the molecule is Cc1ccc(N)cc1C(=O)c1c(C)cc(F)cc1C. The first-order chi connectivity index (χ1) is 8.90. The fraction of sp³-hybridized carbons (Fsp3) is 0.188. The molecule has 0 bridgehead atoms. The molecule has 0 heterocycles. The summed E-state index contributed by atoms with van der Waals surface area (Å²) in [6.45, 7) is 5.34. The maximum absolute atomic E-state index is 13.3. The Balaban J connectivity index is 2.59. The van der Waals surface area contributed by atoms with Crippen molar-refractivity contribution >= 4 is 11.5 Å². The van der Waals surface area contributed by atoms with Crippen LogP contribution in [0.3, 0.4) is 0 Å². The monoisotopic (exact) mass is 257 g/mol. The fourth-order valence-electron chi connectivity index (χ4n) is 2.29. The first-order valence-corrected chi connectivity index (χ1v) is 6.07. The van der Waals surface area contributed by atoms with E-state index in [1.54, 1.807) is 26.0 Å². The second kappa shape index (κ2) is 4.84. The highest BCUT2D eigenvalue weighted by atomic mass is 19.1.